The van der Waals surface area contributed by atoms with Crippen LogP contribution in [0.1, 0.15) is 63.5 Å². The first-order valence-electron chi connectivity index (χ1n) is 12.7. The summed E-state index contributed by atoms with van der Waals surface area (Å²) in [5, 5.41) is 5.33. The maximum absolute atomic E-state index is 13.6. The van der Waals surface area contributed by atoms with Gasteiger partial charge in [-0.15, -0.1) is 0 Å². The zero-order chi connectivity index (χ0) is 27.0. The number of benzene rings is 1. The van der Waals surface area contributed by atoms with Crippen molar-refractivity contribution in [3.8, 4) is 0 Å². The van der Waals surface area contributed by atoms with Crippen molar-refractivity contribution >= 4 is 17.5 Å². The van der Waals surface area contributed by atoms with E-state index < -0.39 is 46.4 Å². The number of carbonyl (C=O) groups is 2. The van der Waals surface area contributed by atoms with E-state index in [-0.39, 0.29) is 23.3 Å². The van der Waals surface area contributed by atoms with Crippen molar-refractivity contribution in [1.29, 1.82) is 0 Å². The van der Waals surface area contributed by atoms with Gasteiger partial charge in [0.05, 0.1) is 16.8 Å². The van der Waals surface area contributed by atoms with Gasteiger partial charge in [-0.25, -0.2) is 0 Å². The summed E-state index contributed by atoms with van der Waals surface area (Å²) in [4.78, 5) is 25.3. The van der Waals surface area contributed by atoms with E-state index in [4.69, 9.17) is 0 Å². The van der Waals surface area contributed by atoms with E-state index in [1.165, 1.54) is 0 Å². The van der Waals surface area contributed by atoms with Gasteiger partial charge in [-0.1, -0.05) is 19.9 Å². The predicted octanol–water partition coefficient (Wildman–Crippen LogP) is 6.58. The molecule has 3 fully saturated rings. The number of amides is 2. The number of carbonyl (C=O) groups excluding carboxylic acids is 2. The Balaban J connectivity index is 1.40. The zero-order valence-corrected chi connectivity index (χ0v) is 20.6. The minimum atomic E-state index is -4.91. The molecule has 2 N–H and O–H groups in total. The monoisotopic (exact) mass is 528 g/mol. The SMILES string of the molecule is C[C@@]12C=CC(=O)N[C@@H]1CC[C@@H]1[C@@H]2CC[C@]2(C)[C@@H](C(=O)Nc3cc(C(F)(F)F)ccc3C(F)(F)F)CC[C@@H]12. The molecule has 0 unspecified atom stereocenters. The van der Waals surface area contributed by atoms with Crippen molar-refractivity contribution in [3.63, 3.8) is 0 Å². The molecule has 7 atom stereocenters. The molecule has 37 heavy (non-hydrogen) atoms. The quantitative estimate of drug-likeness (QED) is 0.427. The third-order valence-electron chi connectivity index (χ3n) is 9.91. The second-order valence-electron chi connectivity index (χ2n) is 11.6. The second-order valence-corrected chi connectivity index (χ2v) is 11.6. The second kappa shape index (κ2) is 8.50. The summed E-state index contributed by atoms with van der Waals surface area (Å²) < 4.78 is 80.4. The van der Waals surface area contributed by atoms with Crippen LogP contribution in [0.2, 0.25) is 0 Å². The number of alkyl halides is 6. The summed E-state index contributed by atoms with van der Waals surface area (Å²) in [6.45, 7) is 4.17. The molecule has 5 rings (SSSR count). The van der Waals surface area contributed by atoms with Gasteiger partial charge < -0.3 is 10.6 Å². The van der Waals surface area contributed by atoms with E-state index in [0.717, 1.165) is 25.7 Å². The molecule has 4 aliphatic rings. The van der Waals surface area contributed by atoms with Gasteiger partial charge in [0.1, 0.15) is 0 Å². The molecule has 1 aliphatic heterocycles. The lowest BCUT2D eigenvalue weighted by atomic mass is 9.48. The molecular weight excluding hydrogens is 498 g/mol. The van der Waals surface area contributed by atoms with Crippen LogP contribution < -0.4 is 10.6 Å². The van der Waals surface area contributed by atoms with Crippen molar-refractivity contribution < 1.29 is 35.9 Å². The maximum atomic E-state index is 13.6. The molecule has 0 bridgehead atoms. The average Bonchev–Trinajstić information content (AvgIpc) is 3.15. The molecule has 0 radical (unpaired) electrons. The predicted molar refractivity (Wildman–Crippen MR) is 124 cm³/mol. The first kappa shape index (κ1) is 26.1. The average molecular weight is 529 g/mol. The fraction of sp³-hybridized carbons (Fsp3) is 0.630. The third-order valence-corrected chi connectivity index (χ3v) is 9.91. The Bertz CT molecular complexity index is 1140. The Kier molecular flexibility index (Phi) is 5.99. The molecule has 2 amide bonds. The summed E-state index contributed by atoms with van der Waals surface area (Å²) in [5.74, 6) is -0.555. The molecule has 0 aromatic heterocycles. The number of fused-ring (bicyclic) bond motifs is 5. The van der Waals surface area contributed by atoms with Crippen LogP contribution in [0.25, 0.3) is 0 Å². The smallest absolute Gasteiger partial charge is 0.349 e. The van der Waals surface area contributed by atoms with Gasteiger partial charge in [0.15, 0.2) is 0 Å². The van der Waals surface area contributed by atoms with Crippen LogP contribution in [0.15, 0.2) is 30.4 Å². The van der Waals surface area contributed by atoms with Crippen LogP contribution in [0.4, 0.5) is 32.0 Å². The Labute approximate surface area is 211 Å². The molecule has 202 valence electrons. The molecule has 0 saturated heterocycles. The first-order chi connectivity index (χ1) is 17.1. The first-order valence-corrected chi connectivity index (χ1v) is 12.7. The largest absolute Gasteiger partial charge is 0.418 e. The van der Waals surface area contributed by atoms with Crippen molar-refractivity contribution in [2.75, 3.05) is 5.32 Å². The van der Waals surface area contributed by atoms with Gasteiger partial charge in [0.25, 0.3) is 0 Å². The van der Waals surface area contributed by atoms with Crippen LogP contribution >= 0.6 is 0 Å². The van der Waals surface area contributed by atoms with Gasteiger partial charge in [0, 0.05) is 17.4 Å². The summed E-state index contributed by atoms with van der Waals surface area (Å²) >= 11 is 0. The Morgan fingerprint density at radius 2 is 1.70 bits per heavy atom. The Morgan fingerprint density at radius 3 is 2.38 bits per heavy atom. The highest BCUT2D eigenvalue weighted by Gasteiger charge is 2.61. The van der Waals surface area contributed by atoms with E-state index in [2.05, 4.69) is 17.6 Å². The topological polar surface area (TPSA) is 58.2 Å². The molecule has 3 saturated carbocycles. The van der Waals surface area contributed by atoms with Crippen molar-refractivity contribution in [1.82, 2.24) is 5.32 Å². The molecule has 0 spiro atoms. The standard InChI is InChI=1S/C27H30F6N2O2/c1-24-11-9-17-15(4-8-21-25(17,2)12-10-22(36)35-21)16(24)6-7-19(24)23(37)34-20-13-14(26(28,29)30)3-5-18(20)27(31,32)33/h3,5,10,12-13,15-17,19,21H,4,6-9,11H2,1-2H3,(H,34,37)(H,35,36)/t15-,16-,17-,19+,21+,24-,25-/m0/s1. The van der Waals surface area contributed by atoms with Crippen molar-refractivity contribution in [3.05, 3.63) is 41.5 Å². The lowest BCUT2D eigenvalue weighted by molar-refractivity contribution is -0.141. The van der Waals surface area contributed by atoms with Crippen LogP contribution in [0.3, 0.4) is 0 Å². The number of hydrogen-bond donors (Lipinski definition) is 2. The molecule has 1 aromatic rings. The van der Waals surface area contributed by atoms with E-state index in [9.17, 15) is 35.9 Å². The summed E-state index contributed by atoms with van der Waals surface area (Å²) in [7, 11) is 0. The minimum absolute atomic E-state index is 0.0535. The lowest BCUT2D eigenvalue weighted by Gasteiger charge is -2.58. The van der Waals surface area contributed by atoms with Crippen molar-refractivity contribution in [2.24, 2.45) is 34.5 Å². The molecule has 3 aliphatic carbocycles. The van der Waals surface area contributed by atoms with Crippen LogP contribution in [0.5, 0.6) is 0 Å². The molecule has 1 aromatic carbocycles. The third kappa shape index (κ3) is 4.24. The van der Waals surface area contributed by atoms with Gasteiger partial charge in [-0.2, -0.15) is 26.3 Å². The van der Waals surface area contributed by atoms with E-state index in [1.54, 1.807) is 6.08 Å². The summed E-state index contributed by atoms with van der Waals surface area (Å²) in [6.07, 6.45) is -1.73. The van der Waals surface area contributed by atoms with Crippen LogP contribution in [-0.2, 0) is 21.9 Å². The highest BCUT2D eigenvalue weighted by atomic mass is 19.4. The fourth-order valence-electron chi connectivity index (χ4n) is 8.06. The highest BCUT2D eigenvalue weighted by Crippen LogP contribution is 2.65. The number of anilines is 1. The minimum Gasteiger partial charge on any atom is -0.349 e. The molecule has 1 heterocycles. The Hall–Kier alpha value is -2.52. The van der Waals surface area contributed by atoms with Gasteiger partial charge in [-0.3, -0.25) is 9.59 Å². The number of hydrogen-bond acceptors (Lipinski definition) is 2. The maximum Gasteiger partial charge on any atom is 0.418 e. The number of rotatable bonds is 2. The van der Waals surface area contributed by atoms with E-state index in [1.807, 2.05) is 13.0 Å². The van der Waals surface area contributed by atoms with Crippen LogP contribution in [0, 0.1) is 34.5 Å². The highest BCUT2D eigenvalue weighted by molar-refractivity contribution is 5.94. The van der Waals surface area contributed by atoms with E-state index >= 15 is 0 Å². The van der Waals surface area contributed by atoms with Gasteiger partial charge in [0.2, 0.25) is 11.8 Å². The normalized spacial score (nSPS) is 37.3. The van der Waals surface area contributed by atoms with Gasteiger partial charge in [-0.05, 0) is 86.0 Å². The summed E-state index contributed by atoms with van der Waals surface area (Å²) in [6, 6.07) is 1.18. The zero-order valence-electron chi connectivity index (χ0n) is 20.6. The Morgan fingerprint density at radius 1 is 0.973 bits per heavy atom. The molecule has 10 heteroatoms. The summed E-state index contributed by atoms with van der Waals surface area (Å²) in [5.41, 5.74) is -4.06. The van der Waals surface area contributed by atoms with Crippen molar-refractivity contribution in [2.45, 2.75) is 70.8 Å². The number of halogens is 6. The lowest BCUT2D eigenvalue weighted by Crippen LogP contribution is -2.59. The number of nitrogens with one attached hydrogen (secondary N) is 2. The fourth-order valence-corrected chi connectivity index (χ4v) is 8.06. The van der Waals surface area contributed by atoms with E-state index in [0.29, 0.717) is 42.9 Å². The molecular formula is C27H30F6N2O2. The van der Waals surface area contributed by atoms with Crippen LogP contribution in [-0.4, -0.2) is 17.9 Å². The molecule has 4 nitrogen and oxygen atoms in total. The van der Waals surface area contributed by atoms with Gasteiger partial charge >= 0.3 is 12.4 Å².